The molecule has 1 aromatic heterocycles. The Labute approximate surface area is 207 Å². The van der Waals surface area contributed by atoms with Crippen molar-refractivity contribution in [3.05, 3.63) is 71.2 Å². The maximum atomic E-state index is 15.3. The van der Waals surface area contributed by atoms with Gasteiger partial charge >= 0.3 is 0 Å². The molecule has 3 aromatic rings. The molecule has 0 amide bonds. The van der Waals surface area contributed by atoms with Crippen LogP contribution < -0.4 is 4.74 Å². The Kier molecular flexibility index (Phi) is 8.44. The van der Waals surface area contributed by atoms with E-state index in [1.165, 1.54) is 0 Å². The second kappa shape index (κ2) is 11.7. The SMILES string of the molecule is COc1ccc2nccc([C@@H](F)CC[C@@H]3CCN(CC#Cc4c(F)ccc(F)c4F)C[C@@H]3CO)c2c1. The summed E-state index contributed by atoms with van der Waals surface area (Å²) in [5.74, 6) is 2.46. The van der Waals surface area contributed by atoms with Crippen LogP contribution in [0, 0.1) is 41.1 Å². The van der Waals surface area contributed by atoms with Crippen molar-refractivity contribution in [3.8, 4) is 17.6 Å². The molecule has 0 bridgehead atoms. The Morgan fingerprint density at radius 1 is 1.14 bits per heavy atom. The van der Waals surface area contributed by atoms with Crippen LogP contribution in [-0.2, 0) is 0 Å². The van der Waals surface area contributed by atoms with Gasteiger partial charge in [-0.2, -0.15) is 0 Å². The molecule has 36 heavy (non-hydrogen) atoms. The first-order chi connectivity index (χ1) is 17.4. The normalized spacial score (nSPS) is 19.1. The Hall–Kier alpha value is -3.15. The van der Waals surface area contributed by atoms with Gasteiger partial charge in [-0.1, -0.05) is 11.8 Å². The van der Waals surface area contributed by atoms with Gasteiger partial charge in [-0.25, -0.2) is 17.6 Å². The number of piperidine rings is 1. The van der Waals surface area contributed by atoms with Gasteiger partial charge in [0.25, 0.3) is 0 Å². The third kappa shape index (κ3) is 5.80. The van der Waals surface area contributed by atoms with Crippen LogP contribution in [0.15, 0.2) is 42.6 Å². The zero-order valence-corrected chi connectivity index (χ0v) is 20.0. The summed E-state index contributed by atoms with van der Waals surface area (Å²) in [7, 11) is 1.56. The van der Waals surface area contributed by atoms with E-state index in [0.717, 1.165) is 23.9 Å². The third-order valence-electron chi connectivity index (χ3n) is 6.88. The number of pyridine rings is 1. The second-order valence-electron chi connectivity index (χ2n) is 9.07. The van der Waals surface area contributed by atoms with Crippen LogP contribution in [0.5, 0.6) is 5.75 Å². The quantitative estimate of drug-likeness (QED) is 0.267. The Morgan fingerprint density at radius 2 is 1.94 bits per heavy atom. The fraction of sp³-hybridized carbons (Fsp3) is 0.393. The molecule has 8 heteroatoms. The van der Waals surface area contributed by atoms with Crippen molar-refractivity contribution in [1.29, 1.82) is 0 Å². The Morgan fingerprint density at radius 3 is 2.72 bits per heavy atom. The van der Waals surface area contributed by atoms with E-state index in [1.54, 1.807) is 31.5 Å². The molecule has 0 unspecified atom stereocenters. The first kappa shape index (κ1) is 25.9. The first-order valence-corrected chi connectivity index (χ1v) is 11.9. The molecular formula is C28H28F4N2O2. The van der Waals surface area contributed by atoms with Gasteiger partial charge in [0.05, 0.1) is 24.7 Å². The molecule has 4 nitrogen and oxygen atoms in total. The van der Waals surface area contributed by atoms with Crippen LogP contribution in [0.1, 0.15) is 36.6 Å². The van der Waals surface area contributed by atoms with Gasteiger partial charge in [0.1, 0.15) is 17.7 Å². The summed E-state index contributed by atoms with van der Waals surface area (Å²) in [6, 6.07) is 8.66. The van der Waals surface area contributed by atoms with E-state index in [1.807, 2.05) is 11.0 Å². The lowest BCUT2D eigenvalue weighted by Gasteiger charge is -2.37. The number of likely N-dealkylation sites (tertiary alicyclic amines) is 1. The van der Waals surface area contributed by atoms with Crippen LogP contribution >= 0.6 is 0 Å². The maximum Gasteiger partial charge on any atom is 0.177 e. The van der Waals surface area contributed by atoms with Gasteiger partial charge in [-0.15, -0.1) is 0 Å². The molecule has 1 aliphatic heterocycles. The van der Waals surface area contributed by atoms with E-state index < -0.39 is 29.2 Å². The van der Waals surface area contributed by atoms with Crippen molar-refractivity contribution in [2.24, 2.45) is 11.8 Å². The predicted octanol–water partition coefficient (Wildman–Crippen LogP) is 5.43. The summed E-state index contributed by atoms with van der Waals surface area (Å²) in [6.07, 6.45) is 2.10. The molecule has 1 saturated heterocycles. The molecule has 0 aliphatic carbocycles. The lowest BCUT2D eigenvalue weighted by Crippen LogP contribution is -2.42. The van der Waals surface area contributed by atoms with Gasteiger partial charge in [-0.3, -0.25) is 9.88 Å². The molecule has 0 radical (unpaired) electrons. The third-order valence-corrected chi connectivity index (χ3v) is 6.88. The van der Waals surface area contributed by atoms with Gasteiger partial charge in [0.2, 0.25) is 0 Å². The van der Waals surface area contributed by atoms with Crippen molar-refractivity contribution >= 4 is 10.9 Å². The van der Waals surface area contributed by atoms with Crippen LogP contribution in [-0.4, -0.2) is 48.3 Å². The zero-order valence-electron chi connectivity index (χ0n) is 20.0. The van der Waals surface area contributed by atoms with Crippen molar-refractivity contribution < 1.29 is 27.4 Å². The minimum absolute atomic E-state index is 0.0475. The van der Waals surface area contributed by atoms with Crippen molar-refractivity contribution in [3.63, 3.8) is 0 Å². The fourth-order valence-electron chi connectivity index (χ4n) is 4.83. The summed E-state index contributed by atoms with van der Waals surface area (Å²) in [5.41, 5.74) is 0.694. The highest BCUT2D eigenvalue weighted by Gasteiger charge is 2.29. The molecule has 3 atom stereocenters. The summed E-state index contributed by atoms with van der Waals surface area (Å²) in [6.45, 7) is 1.38. The molecule has 2 heterocycles. The Bertz CT molecular complexity index is 1270. The number of nitrogens with zero attached hydrogens (tertiary/aromatic N) is 2. The molecule has 0 spiro atoms. The van der Waals surface area contributed by atoms with E-state index in [-0.39, 0.29) is 25.0 Å². The number of aliphatic hydroxyl groups is 1. The summed E-state index contributed by atoms with van der Waals surface area (Å²) in [5, 5.41) is 10.7. The average molecular weight is 501 g/mol. The number of rotatable bonds is 7. The van der Waals surface area contributed by atoms with E-state index in [2.05, 4.69) is 16.8 Å². The van der Waals surface area contributed by atoms with Gasteiger partial charge in [0.15, 0.2) is 11.6 Å². The molecule has 1 fully saturated rings. The standard InChI is InChI=1S/C28H28F4N2O2/c1-36-20-5-9-27-23(15-20)21(10-12-33-27)24(29)6-4-18-11-14-34(16-19(18)17-35)13-2-3-22-25(30)7-8-26(31)28(22)32/h5,7-10,12,15,18-19,24,35H,4,6,11,13-14,16-17H2,1H3/t18-,19-,24+/m1/s1. The van der Waals surface area contributed by atoms with E-state index >= 15 is 4.39 Å². The highest BCUT2D eigenvalue weighted by atomic mass is 19.2. The monoisotopic (exact) mass is 500 g/mol. The zero-order chi connectivity index (χ0) is 25.7. The fourth-order valence-corrected chi connectivity index (χ4v) is 4.83. The highest BCUT2D eigenvalue weighted by Crippen LogP contribution is 2.35. The second-order valence-corrected chi connectivity index (χ2v) is 9.07. The summed E-state index contributed by atoms with van der Waals surface area (Å²) < 4.78 is 61.5. The minimum atomic E-state index is -1.30. The molecule has 1 N–H and O–H groups in total. The van der Waals surface area contributed by atoms with Crippen molar-refractivity contribution in [1.82, 2.24) is 9.88 Å². The van der Waals surface area contributed by atoms with Gasteiger partial charge < -0.3 is 9.84 Å². The smallest absolute Gasteiger partial charge is 0.177 e. The number of halogens is 4. The number of benzene rings is 2. The molecule has 190 valence electrons. The number of aliphatic hydroxyl groups excluding tert-OH is 1. The topological polar surface area (TPSA) is 45.6 Å². The number of fused-ring (bicyclic) bond motifs is 1. The lowest BCUT2D eigenvalue weighted by molar-refractivity contribution is 0.0708. The van der Waals surface area contributed by atoms with E-state index in [4.69, 9.17) is 4.74 Å². The number of hydrogen-bond donors (Lipinski definition) is 1. The van der Waals surface area contributed by atoms with Crippen LogP contribution in [0.4, 0.5) is 17.6 Å². The van der Waals surface area contributed by atoms with Gasteiger partial charge in [0, 0.05) is 24.7 Å². The number of hydrogen-bond acceptors (Lipinski definition) is 4. The van der Waals surface area contributed by atoms with E-state index in [0.29, 0.717) is 42.8 Å². The molecule has 2 aromatic carbocycles. The molecule has 0 saturated carbocycles. The molecular weight excluding hydrogens is 472 g/mol. The number of alkyl halides is 1. The molecule has 4 rings (SSSR count). The predicted molar refractivity (Wildman–Crippen MR) is 130 cm³/mol. The Balaban J connectivity index is 1.36. The minimum Gasteiger partial charge on any atom is -0.497 e. The molecule has 1 aliphatic rings. The first-order valence-electron chi connectivity index (χ1n) is 11.9. The van der Waals surface area contributed by atoms with Crippen molar-refractivity contribution in [2.45, 2.75) is 25.4 Å². The van der Waals surface area contributed by atoms with Crippen LogP contribution in [0.25, 0.3) is 10.9 Å². The maximum absolute atomic E-state index is 15.3. The van der Waals surface area contributed by atoms with Gasteiger partial charge in [-0.05, 0) is 79.6 Å². The summed E-state index contributed by atoms with van der Waals surface area (Å²) in [4.78, 5) is 6.29. The van der Waals surface area contributed by atoms with Crippen LogP contribution in [0.2, 0.25) is 0 Å². The highest BCUT2D eigenvalue weighted by molar-refractivity contribution is 5.83. The average Bonchev–Trinajstić information content (AvgIpc) is 2.90. The lowest BCUT2D eigenvalue weighted by atomic mass is 9.81. The summed E-state index contributed by atoms with van der Waals surface area (Å²) >= 11 is 0. The van der Waals surface area contributed by atoms with E-state index in [9.17, 15) is 18.3 Å². The number of aromatic nitrogens is 1. The largest absolute Gasteiger partial charge is 0.497 e. The van der Waals surface area contributed by atoms with Crippen LogP contribution in [0.3, 0.4) is 0 Å². The number of methoxy groups -OCH3 is 1. The number of ether oxygens (including phenoxy) is 1. The van der Waals surface area contributed by atoms with Crippen molar-refractivity contribution in [2.75, 3.05) is 33.4 Å².